The Morgan fingerprint density at radius 2 is 2.14 bits per heavy atom. The minimum absolute atomic E-state index is 0.00668. The average molecular weight is 339 g/mol. The fourth-order valence-corrected chi connectivity index (χ4v) is 4.18. The number of nitrogens with zero attached hydrogens (tertiary/aromatic N) is 1. The Morgan fingerprint density at radius 1 is 1.32 bits per heavy atom. The molecule has 3 rings (SSSR count). The molecule has 0 fully saturated rings. The first-order valence-corrected chi connectivity index (χ1v) is 8.72. The maximum atomic E-state index is 12.6. The Bertz CT molecular complexity index is 836. The normalized spacial score (nSPS) is 21.5. The van der Waals surface area contributed by atoms with Crippen LogP contribution in [0.4, 0.5) is 0 Å². The maximum Gasteiger partial charge on any atom is 0.243 e. The molecule has 2 N–H and O–H groups in total. The number of aliphatic hydroxyl groups is 1. The first-order valence-electron chi connectivity index (χ1n) is 6.86. The summed E-state index contributed by atoms with van der Waals surface area (Å²) in [6.07, 6.45) is 5.63. The molecule has 0 amide bonds. The van der Waals surface area contributed by atoms with E-state index in [2.05, 4.69) is 9.71 Å². The van der Waals surface area contributed by atoms with E-state index in [-0.39, 0.29) is 23.5 Å². The van der Waals surface area contributed by atoms with Crippen LogP contribution >= 0.6 is 11.6 Å². The first kappa shape index (κ1) is 15.4. The average Bonchev–Trinajstić information content (AvgIpc) is 2.94. The van der Waals surface area contributed by atoms with E-state index in [1.807, 2.05) is 6.08 Å². The predicted octanol–water partition coefficient (Wildman–Crippen LogP) is 2.10. The molecule has 7 heteroatoms. The Morgan fingerprint density at radius 3 is 2.86 bits per heavy atom. The molecule has 1 aliphatic rings. The molecule has 1 aliphatic carbocycles. The molecule has 0 bridgehead atoms. The molecule has 0 saturated heterocycles. The van der Waals surface area contributed by atoms with Crippen molar-refractivity contribution in [1.29, 1.82) is 0 Å². The van der Waals surface area contributed by atoms with E-state index in [0.717, 1.165) is 0 Å². The molecule has 22 heavy (non-hydrogen) atoms. The summed E-state index contributed by atoms with van der Waals surface area (Å²) in [5, 5.41) is 10.2. The van der Waals surface area contributed by atoms with E-state index in [9.17, 15) is 8.42 Å². The van der Waals surface area contributed by atoms with Crippen molar-refractivity contribution < 1.29 is 13.5 Å². The fourth-order valence-electron chi connectivity index (χ4n) is 2.59. The summed E-state index contributed by atoms with van der Waals surface area (Å²) in [6, 6.07) is 6.19. The summed E-state index contributed by atoms with van der Waals surface area (Å²) in [4.78, 5) is 4.26. The second-order valence-corrected chi connectivity index (χ2v) is 7.33. The van der Waals surface area contributed by atoms with E-state index < -0.39 is 10.0 Å². The van der Waals surface area contributed by atoms with Gasteiger partial charge in [-0.2, -0.15) is 0 Å². The van der Waals surface area contributed by atoms with Crippen molar-refractivity contribution in [3.05, 3.63) is 47.6 Å². The smallest absolute Gasteiger partial charge is 0.243 e. The predicted molar refractivity (Wildman–Crippen MR) is 85.2 cm³/mol. The van der Waals surface area contributed by atoms with E-state index in [0.29, 0.717) is 22.3 Å². The molecule has 2 atom stereocenters. The molecule has 1 aromatic heterocycles. The standard InChI is InChI=1S/C15H15ClN2O3S/c16-13-6-7-17-15-12(13)2-1-3-14(15)22(20,21)18-11-5-4-10(8-11)9-19/h1-7,10-11,18-19H,8-9H2/t10-,11+/m0/s1. The quantitative estimate of drug-likeness (QED) is 0.837. The summed E-state index contributed by atoms with van der Waals surface area (Å²) < 4.78 is 27.9. The van der Waals surface area contributed by atoms with Gasteiger partial charge in [-0.05, 0) is 18.6 Å². The van der Waals surface area contributed by atoms with Gasteiger partial charge in [0, 0.05) is 30.1 Å². The highest BCUT2D eigenvalue weighted by molar-refractivity contribution is 7.89. The molecule has 0 saturated carbocycles. The van der Waals surface area contributed by atoms with Crippen LogP contribution in [0.3, 0.4) is 0 Å². The van der Waals surface area contributed by atoms with Crippen molar-refractivity contribution in [2.24, 2.45) is 5.92 Å². The molecular formula is C15H15ClN2O3S. The van der Waals surface area contributed by atoms with Gasteiger partial charge in [-0.25, -0.2) is 13.1 Å². The Hall–Kier alpha value is -1.47. The summed E-state index contributed by atoms with van der Waals surface area (Å²) in [5.74, 6) is -0.00668. The number of hydrogen-bond donors (Lipinski definition) is 2. The molecule has 0 radical (unpaired) electrons. The zero-order valence-corrected chi connectivity index (χ0v) is 13.2. The number of rotatable bonds is 4. The highest BCUT2D eigenvalue weighted by Gasteiger charge is 2.26. The molecule has 0 spiro atoms. The zero-order chi connectivity index (χ0) is 15.7. The minimum atomic E-state index is -3.72. The number of hydrogen-bond acceptors (Lipinski definition) is 4. The van der Waals surface area contributed by atoms with Crippen molar-refractivity contribution in [3.8, 4) is 0 Å². The number of halogens is 1. The topological polar surface area (TPSA) is 79.3 Å². The minimum Gasteiger partial charge on any atom is -0.396 e. The van der Waals surface area contributed by atoms with Crippen molar-refractivity contribution in [2.75, 3.05) is 6.61 Å². The largest absolute Gasteiger partial charge is 0.396 e. The second kappa shape index (κ2) is 5.96. The van der Waals surface area contributed by atoms with Gasteiger partial charge in [0.1, 0.15) is 4.90 Å². The summed E-state index contributed by atoms with van der Waals surface area (Å²) in [6.45, 7) is 0.0140. The summed E-state index contributed by atoms with van der Waals surface area (Å²) in [7, 11) is -3.72. The van der Waals surface area contributed by atoms with Crippen LogP contribution in [-0.2, 0) is 10.0 Å². The number of aliphatic hydroxyl groups excluding tert-OH is 1. The van der Waals surface area contributed by atoms with Crippen molar-refractivity contribution in [3.63, 3.8) is 0 Å². The molecule has 0 aliphatic heterocycles. The van der Waals surface area contributed by atoms with Crippen molar-refractivity contribution in [2.45, 2.75) is 17.4 Å². The van der Waals surface area contributed by atoms with Crippen LogP contribution in [0.5, 0.6) is 0 Å². The van der Waals surface area contributed by atoms with Crippen LogP contribution in [0.2, 0.25) is 5.02 Å². The molecule has 1 aromatic carbocycles. The third-order valence-electron chi connectivity index (χ3n) is 3.68. The van der Waals surface area contributed by atoms with Crippen LogP contribution < -0.4 is 4.72 Å². The van der Waals surface area contributed by atoms with Gasteiger partial charge in [-0.15, -0.1) is 0 Å². The molecule has 5 nitrogen and oxygen atoms in total. The number of para-hydroxylation sites is 1. The Labute approximate surface area is 133 Å². The SMILES string of the molecule is O=S(=O)(N[C@@H]1C=C[C@H](CO)C1)c1cccc2c(Cl)ccnc12. The van der Waals surface area contributed by atoms with Crippen molar-refractivity contribution in [1.82, 2.24) is 9.71 Å². The number of sulfonamides is 1. The van der Waals surface area contributed by atoms with Gasteiger partial charge in [0.15, 0.2) is 0 Å². The first-order chi connectivity index (χ1) is 10.5. The number of pyridine rings is 1. The van der Waals surface area contributed by atoms with Crippen LogP contribution in [0.15, 0.2) is 47.5 Å². The second-order valence-electron chi connectivity index (χ2n) is 5.24. The Balaban J connectivity index is 1.97. The number of nitrogens with one attached hydrogen (secondary N) is 1. The van der Waals surface area contributed by atoms with Gasteiger partial charge in [0.2, 0.25) is 10.0 Å². The number of fused-ring (bicyclic) bond motifs is 1. The monoisotopic (exact) mass is 338 g/mol. The molecule has 1 heterocycles. The van der Waals surface area contributed by atoms with Gasteiger partial charge in [-0.1, -0.05) is 35.9 Å². The van der Waals surface area contributed by atoms with E-state index in [1.54, 1.807) is 24.3 Å². The van der Waals surface area contributed by atoms with Crippen LogP contribution in [0.25, 0.3) is 10.9 Å². The number of benzene rings is 1. The van der Waals surface area contributed by atoms with E-state index in [1.165, 1.54) is 12.3 Å². The van der Waals surface area contributed by atoms with Crippen LogP contribution in [0.1, 0.15) is 6.42 Å². The molecular weight excluding hydrogens is 324 g/mol. The highest BCUT2D eigenvalue weighted by Crippen LogP contribution is 2.27. The lowest BCUT2D eigenvalue weighted by Crippen LogP contribution is -2.33. The van der Waals surface area contributed by atoms with Gasteiger partial charge >= 0.3 is 0 Å². The number of aromatic nitrogens is 1. The molecule has 2 aromatic rings. The lowest BCUT2D eigenvalue weighted by atomic mass is 10.1. The van der Waals surface area contributed by atoms with Crippen LogP contribution in [0, 0.1) is 5.92 Å². The zero-order valence-electron chi connectivity index (χ0n) is 11.6. The lowest BCUT2D eigenvalue weighted by molar-refractivity contribution is 0.248. The third kappa shape index (κ3) is 2.87. The van der Waals surface area contributed by atoms with Gasteiger partial charge in [0.25, 0.3) is 0 Å². The van der Waals surface area contributed by atoms with Crippen molar-refractivity contribution >= 4 is 32.5 Å². The maximum absolute atomic E-state index is 12.6. The van der Waals surface area contributed by atoms with E-state index in [4.69, 9.17) is 16.7 Å². The van der Waals surface area contributed by atoms with Crippen LogP contribution in [-0.4, -0.2) is 31.2 Å². The highest BCUT2D eigenvalue weighted by atomic mass is 35.5. The molecule has 116 valence electrons. The van der Waals surface area contributed by atoms with Gasteiger partial charge < -0.3 is 5.11 Å². The molecule has 0 unspecified atom stereocenters. The summed E-state index contributed by atoms with van der Waals surface area (Å²) in [5.41, 5.74) is 0.350. The summed E-state index contributed by atoms with van der Waals surface area (Å²) >= 11 is 6.09. The van der Waals surface area contributed by atoms with Gasteiger partial charge in [0.05, 0.1) is 10.5 Å². The lowest BCUT2D eigenvalue weighted by Gasteiger charge is -2.14. The fraction of sp³-hybridized carbons (Fsp3) is 0.267. The Kier molecular flexibility index (Phi) is 4.18. The van der Waals surface area contributed by atoms with E-state index >= 15 is 0 Å². The van der Waals surface area contributed by atoms with Gasteiger partial charge in [-0.3, -0.25) is 4.98 Å². The third-order valence-corrected chi connectivity index (χ3v) is 5.53.